The van der Waals surface area contributed by atoms with Crippen molar-refractivity contribution in [2.24, 2.45) is 0 Å². The number of fused-ring (bicyclic) bond motifs is 1. The molecule has 26 heavy (non-hydrogen) atoms. The number of hydrogen-bond acceptors (Lipinski definition) is 4. The number of benzene rings is 2. The van der Waals surface area contributed by atoms with Crippen molar-refractivity contribution >= 4 is 23.6 Å². The van der Waals surface area contributed by atoms with Gasteiger partial charge in [-0.25, -0.2) is 0 Å². The summed E-state index contributed by atoms with van der Waals surface area (Å²) in [5, 5.41) is 9.51. The van der Waals surface area contributed by atoms with E-state index in [4.69, 9.17) is 4.74 Å². The van der Waals surface area contributed by atoms with E-state index >= 15 is 0 Å². The van der Waals surface area contributed by atoms with Crippen LogP contribution in [-0.4, -0.2) is 40.8 Å². The largest absolute Gasteiger partial charge is 0.494 e. The first-order valence-electron chi connectivity index (χ1n) is 8.52. The van der Waals surface area contributed by atoms with E-state index in [1.54, 1.807) is 4.90 Å². The second-order valence-electron chi connectivity index (χ2n) is 6.06. The van der Waals surface area contributed by atoms with E-state index in [-0.39, 0.29) is 18.2 Å². The molecular weight excluding hydrogens is 350 g/mol. The fourth-order valence-corrected chi connectivity index (χ4v) is 3.84. The number of carbonyl (C=O) groups excluding carboxylic acids is 1. The molecular formula is C20H21NO4S. The number of carboxylic acids is 1. The summed E-state index contributed by atoms with van der Waals surface area (Å²) in [6, 6.07) is 15.1. The smallest absolute Gasteiger partial charge is 0.312 e. The van der Waals surface area contributed by atoms with Crippen LogP contribution in [0.3, 0.4) is 0 Å². The van der Waals surface area contributed by atoms with E-state index in [2.05, 4.69) is 0 Å². The zero-order valence-electron chi connectivity index (χ0n) is 14.6. The molecule has 1 heterocycles. The van der Waals surface area contributed by atoms with Crippen molar-refractivity contribution in [3.63, 3.8) is 0 Å². The third kappa shape index (κ3) is 4.19. The minimum atomic E-state index is -0.894. The van der Waals surface area contributed by atoms with Crippen LogP contribution < -0.4 is 4.74 Å². The number of rotatable bonds is 6. The first-order chi connectivity index (χ1) is 12.6. The lowest BCUT2D eigenvalue weighted by molar-refractivity contribution is -0.140. The zero-order chi connectivity index (χ0) is 18.5. The minimum absolute atomic E-state index is 0.0513. The van der Waals surface area contributed by atoms with Crippen molar-refractivity contribution in [3.8, 4) is 5.75 Å². The number of carbonyl (C=O) groups is 2. The Morgan fingerprint density at radius 2 is 1.92 bits per heavy atom. The Bertz CT molecular complexity index is 791. The van der Waals surface area contributed by atoms with Crippen molar-refractivity contribution in [1.29, 1.82) is 0 Å². The van der Waals surface area contributed by atoms with E-state index in [1.165, 1.54) is 11.8 Å². The standard InChI is InChI=1S/C20H21NO4S/c1-2-25-15-7-9-16(10-8-15)26-13-19(22)21-11-14-5-3-4-6-17(14)18(12-21)20(23)24/h3-10,18H,2,11-13H2,1H3,(H,23,24). The molecule has 2 aromatic rings. The maximum absolute atomic E-state index is 12.6. The third-order valence-electron chi connectivity index (χ3n) is 4.34. The Labute approximate surface area is 157 Å². The molecule has 0 radical (unpaired) electrons. The fraction of sp³-hybridized carbons (Fsp3) is 0.300. The van der Waals surface area contributed by atoms with Gasteiger partial charge in [-0.1, -0.05) is 24.3 Å². The molecule has 3 rings (SSSR count). The quantitative estimate of drug-likeness (QED) is 0.789. The molecule has 6 heteroatoms. The average Bonchev–Trinajstić information content (AvgIpc) is 2.66. The summed E-state index contributed by atoms with van der Waals surface area (Å²) in [5.74, 6) is -0.527. The van der Waals surface area contributed by atoms with Crippen molar-refractivity contribution in [3.05, 3.63) is 59.7 Å². The topological polar surface area (TPSA) is 66.8 Å². The van der Waals surface area contributed by atoms with E-state index in [9.17, 15) is 14.7 Å². The Balaban J connectivity index is 1.64. The van der Waals surface area contributed by atoms with Crippen LogP contribution in [0.1, 0.15) is 24.0 Å². The summed E-state index contributed by atoms with van der Waals surface area (Å²) >= 11 is 1.45. The summed E-state index contributed by atoms with van der Waals surface area (Å²) in [6.07, 6.45) is 0. The lowest BCUT2D eigenvalue weighted by Crippen LogP contribution is -2.41. The monoisotopic (exact) mass is 371 g/mol. The first kappa shape index (κ1) is 18.3. The van der Waals surface area contributed by atoms with Gasteiger partial charge in [0.1, 0.15) is 5.75 Å². The molecule has 0 spiro atoms. The van der Waals surface area contributed by atoms with Crippen LogP contribution in [0, 0.1) is 0 Å². The number of hydrogen-bond donors (Lipinski definition) is 1. The van der Waals surface area contributed by atoms with Crippen molar-refractivity contribution in [2.75, 3.05) is 18.9 Å². The van der Waals surface area contributed by atoms with Crippen LogP contribution in [0.25, 0.3) is 0 Å². The summed E-state index contributed by atoms with van der Waals surface area (Å²) < 4.78 is 5.41. The predicted octanol–water partition coefficient (Wildman–Crippen LogP) is 3.39. The Morgan fingerprint density at radius 3 is 2.62 bits per heavy atom. The molecule has 5 nitrogen and oxygen atoms in total. The molecule has 0 bridgehead atoms. The number of ether oxygens (including phenoxy) is 1. The van der Waals surface area contributed by atoms with Gasteiger partial charge < -0.3 is 14.7 Å². The van der Waals surface area contributed by atoms with Crippen molar-refractivity contribution in [2.45, 2.75) is 24.3 Å². The van der Waals surface area contributed by atoms with Crippen LogP contribution in [0.4, 0.5) is 0 Å². The van der Waals surface area contributed by atoms with E-state index in [0.717, 1.165) is 21.8 Å². The lowest BCUT2D eigenvalue weighted by atomic mass is 9.90. The van der Waals surface area contributed by atoms with Gasteiger partial charge in [0.05, 0.1) is 18.3 Å². The first-order valence-corrected chi connectivity index (χ1v) is 9.51. The maximum Gasteiger partial charge on any atom is 0.312 e. The Kier molecular flexibility index (Phi) is 5.83. The molecule has 1 aliphatic rings. The molecule has 1 N–H and O–H groups in total. The fourth-order valence-electron chi connectivity index (χ4n) is 3.04. The van der Waals surface area contributed by atoms with Crippen LogP contribution in [-0.2, 0) is 16.1 Å². The molecule has 0 fully saturated rings. The summed E-state index contributed by atoms with van der Waals surface area (Å²) in [5.41, 5.74) is 1.72. The van der Waals surface area contributed by atoms with Gasteiger partial charge in [0.2, 0.25) is 5.91 Å². The van der Waals surface area contributed by atoms with Gasteiger partial charge in [-0.3, -0.25) is 9.59 Å². The molecule has 1 atom stereocenters. The molecule has 1 unspecified atom stereocenters. The second kappa shape index (κ2) is 8.27. The maximum atomic E-state index is 12.6. The lowest BCUT2D eigenvalue weighted by Gasteiger charge is -2.32. The van der Waals surface area contributed by atoms with Gasteiger partial charge in [-0.15, -0.1) is 11.8 Å². The van der Waals surface area contributed by atoms with E-state index in [0.29, 0.717) is 13.2 Å². The normalized spacial score (nSPS) is 16.0. The highest BCUT2D eigenvalue weighted by Crippen LogP contribution is 2.29. The number of amides is 1. The van der Waals surface area contributed by atoms with Crippen LogP contribution >= 0.6 is 11.8 Å². The molecule has 2 aromatic carbocycles. The number of carboxylic acid groups (broad SMARTS) is 1. The molecule has 136 valence electrons. The summed E-state index contributed by atoms with van der Waals surface area (Å²) in [4.78, 5) is 26.8. The highest BCUT2D eigenvalue weighted by Gasteiger charge is 2.32. The Hall–Kier alpha value is -2.47. The predicted molar refractivity (Wildman–Crippen MR) is 101 cm³/mol. The summed E-state index contributed by atoms with van der Waals surface area (Å²) in [6.45, 7) is 3.23. The molecule has 0 saturated heterocycles. The van der Waals surface area contributed by atoms with E-state index < -0.39 is 11.9 Å². The van der Waals surface area contributed by atoms with Crippen LogP contribution in [0.5, 0.6) is 5.75 Å². The van der Waals surface area contributed by atoms with Crippen molar-refractivity contribution < 1.29 is 19.4 Å². The van der Waals surface area contributed by atoms with Gasteiger partial charge in [0.25, 0.3) is 0 Å². The van der Waals surface area contributed by atoms with Gasteiger partial charge in [-0.05, 0) is 42.3 Å². The number of aliphatic carboxylic acids is 1. The zero-order valence-corrected chi connectivity index (χ0v) is 15.4. The van der Waals surface area contributed by atoms with Gasteiger partial charge in [-0.2, -0.15) is 0 Å². The number of thioether (sulfide) groups is 1. The summed E-state index contributed by atoms with van der Waals surface area (Å²) in [7, 11) is 0. The molecule has 1 amide bonds. The minimum Gasteiger partial charge on any atom is -0.494 e. The third-order valence-corrected chi connectivity index (χ3v) is 5.34. The van der Waals surface area contributed by atoms with E-state index in [1.807, 2.05) is 55.5 Å². The second-order valence-corrected chi connectivity index (χ2v) is 7.11. The molecule has 0 saturated carbocycles. The molecule has 0 aliphatic carbocycles. The van der Waals surface area contributed by atoms with Gasteiger partial charge in [0, 0.05) is 18.0 Å². The number of nitrogens with zero attached hydrogens (tertiary/aromatic N) is 1. The van der Waals surface area contributed by atoms with Gasteiger partial charge in [0.15, 0.2) is 0 Å². The highest BCUT2D eigenvalue weighted by molar-refractivity contribution is 8.00. The highest BCUT2D eigenvalue weighted by atomic mass is 32.2. The molecule has 1 aliphatic heterocycles. The average molecular weight is 371 g/mol. The Morgan fingerprint density at radius 1 is 1.19 bits per heavy atom. The van der Waals surface area contributed by atoms with Crippen LogP contribution in [0.15, 0.2) is 53.4 Å². The van der Waals surface area contributed by atoms with Crippen molar-refractivity contribution in [1.82, 2.24) is 4.90 Å². The van der Waals surface area contributed by atoms with Crippen LogP contribution in [0.2, 0.25) is 0 Å². The SMILES string of the molecule is CCOc1ccc(SCC(=O)N2Cc3ccccc3C(C(=O)O)C2)cc1. The van der Waals surface area contributed by atoms with Gasteiger partial charge >= 0.3 is 5.97 Å². The molecule has 0 aromatic heterocycles.